The van der Waals surface area contributed by atoms with E-state index in [9.17, 15) is 0 Å². The minimum Gasteiger partial charge on any atom is -0.381 e. The van der Waals surface area contributed by atoms with Crippen LogP contribution < -0.4 is 5.32 Å². The number of halogens is 1. The molecule has 0 spiro atoms. The molecule has 1 saturated heterocycles. The normalized spacial score (nSPS) is 18.9. The molecule has 1 aliphatic rings. The van der Waals surface area contributed by atoms with Crippen LogP contribution in [0.15, 0.2) is 12.1 Å². The van der Waals surface area contributed by atoms with Crippen LogP contribution in [0.4, 0.5) is 0 Å². The summed E-state index contributed by atoms with van der Waals surface area (Å²) < 4.78 is 6.39. The summed E-state index contributed by atoms with van der Waals surface area (Å²) in [5, 5.41) is 3.35. The summed E-state index contributed by atoms with van der Waals surface area (Å²) in [5.74, 6) is 0. The highest BCUT2D eigenvalue weighted by molar-refractivity contribution is 7.16. The van der Waals surface area contributed by atoms with Gasteiger partial charge in [-0.25, -0.2) is 0 Å². The minimum atomic E-state index is 0.350. The van der Waals surface area contributed by atoms with E-state index in [-0.39, 0.29) is 0 Å². The predicted octanol–water partition coefficient (Wildman–Crippen LogP) is 2.85. The van der Waals surface area contributed by atoms with Crippen molar-refractivity contribution in [3.63, 3.8) is 0 Å². The molecular weight excluding hydrogens is 280 g/mol. The second-order valence-electron chi connectivity index (χ2n) is 5.52. The molecule has 1 N–H and O–H groups in total. The third-order valence-electron chi connectivity index (χ3n) is 3.77. The van der Waals surface area contributed by atoms with Gasteiger partial charge in [0.05, 0.1) is 4.34 Å². The van der Waals surface area contributed by atoms with E-state index in [4.69, 9.17) is 16.3 Å². The molecule has 19 heavy (non-hydrogen) atoms. The van der Waals surface area contributed by atoms with E-state index in [0.29, 0.717) is 5.41 Å². The topological polar surface area (TPSA) is 24.5 Å². The van der Waals surface area contributed by atoms with Crippen molar-refractivity contribution < 1.29 is 4.74 Å². The number of hydrogen-bond acceptors (Lipinski definition) is 4. The van der Waals surface area contributed by atoms with Gasteiger partial charge in [0.25, 0.3) is 0 Å². The first kappa shape index (κ1) is 15.3. The number of nitrogens with one attached hydrogen (secondary N) is 1. The van der Waals surface area contributed by atoms with E-state index in [0.717, 1.165) is 50.0 Å². The van der Waals surface area contributed by atoms with E-state index >= 15 is 0 Å². The van der Waals surface area contributed by atoms with Gasteiger partial charge in [-0.2, -0.15) is 0 Å². The lowest BCUT2D eigenvalue weighted by atomic mass is 9.79. The molecule has 2 rings (SSSR count). The van der Waals surface area contributed by atoms with Gasteiger partial charge in [-0.1, -0.05) is 11.6 Å². The second-order valence-corrected chi connectivity index (χ2v) is 7.32. The molecule has 1 aromatic rings. The van der Waals surface area contributed by atoms with E-state index in [1.165, 1.54) is 4.88 Å². The molecule has 2 heterocycles. The SMILES string of the molecule is CNCC1(CN(C)Cc2ccc(Cl)s2)CCOCC1. The van der Waals surface area contributed by atoms with Crippen LogP contribution in [0.3, 0.4) is 0 Å². The molecule has 0 aromatic carbocycles. The zero-order chi connectivity index (χ0) is 13.7. The van der Waals surface area contributed by atoms with Crippen molar-refractivity contribution >= 4 is 22.9 Å². The monoisotopic (exact) mass is 302 g/mol. The summed E-state index contributed by atoms with van der Waals surface area (Å²) in [7, 11) is 4.23. The number of ether oxygens (including phenoxy) is 1. The first-order valence-electron chi connectivity index (χ1n) is 6.79. The quantitative estimate of drug-likeness (QED) is 0.874. The van der Waals surface area contributed by atoms with Crippen molar-refractivity contribution in [3.05, 3.63) is 21.3 Å². The summed E-state index contributed by atoms with van der Waals surface area (Å²) in [6.45, 7) is 4.92. The summed E-state index contributed by atoms with van der Waals surface area (Å²) in [5.41, 5.74) is 0.350. The molecule has 3 nitrogen and oxygen atoms in total. The minimum absolute atomic E-state index is 0.350. The third kappa shape index (κ3) is 4.43. The van der Waals surface area contributed by atoms with Gasteiger partial charge in [0.15, 0.2) is 0 Å². The molecule has 0 radical (unpaired) electrons. The van der Waals surface area contributed by atoms with Gasteiger partial charge in [-0.3, -0.25) is 0 Å². The highest BCUT2D eigenvalue weighted by atomic mass is 35.5. The van der Waals surface area contributed by atoms with Crippen molar-refractivity contribution in [2.75, 3.05) is 40.4 Å². The van der Waals surface area contributed by atoms with Gasteiger partial charge in [-0.05, 0) is 44.5 Å². The molecule has 1 aromatic heterocycles. The van der Waals surface area contributed by atoms with Gasteiger partial charge >= 0.3 is 0 Å². The highest BCUT2D eigenvalue weighted by Crippen LogP contribution is 2.31. The van der Waals surface area contributed by atoms with Crippen molar-refractivity contribution in [2.24, 2.45) is 5.41 Å². The van der Waals surface area contributed by atoms with Crippen LogP contribution in [0.1, 0.15) is 17.7 Å². The maximum atomic E-state index is 5.99. The Hall–Kier alpha value is -0.130. The van der Waals surface area contributed by atoms with Gasteiger partial charge in [-0.15, -0.1) is 11.3 Å². The number of nitrogens with zero attached hydrogens (tertiary/aromatic N) is 1. The third-order valence-corrected chi connectivity index (χ3v) is 4.98. The lowest BCUT2D eigenvalue weighted by Gasteiger charge is -2.40. The van der Waals surface area contributed by atoms with Crippen LogP contribution in [-0.2, 0) is 11.3 Å². The van der Waals surface area contributed by atoms with Gasteiger partial charge < -0.3 is 15.0 Å². The average molecular weight is 303 g/mol. The van der Waals surface area contributed by atoms with Crippen LogP contribution in [0, 0.1) is 5.41 Å². The smallest absolute Gasteiger partial charge is 0.0931 e. The van der Waals surface area contributed by atoms with E-state index < -0.39 is 0 Å². The molecule has 108 valence electrons. The second kappa shape index (κ2) is 7.04. The van der Waals surface area contributed by atoms with Crippen molar-refractivity contribution in [1.82, 2.24) is 10.2 Å². The lowest BCUT2D eigenvalue weighted by Crippen LogP contribution is -2.45. The van der Waals surface area contributed by atoms with Gasteiger partial charge in [0.2, 0.25) is 0 Å². The number of thiophene rings is 1. The predicted molar refractivity (Wildman–Crippen MR) is 82.1 cm³/mol. The maximum Gasteiger partial charge on any atom is 0.0931 e. The van der Waals surface area contributed by atoms with Crippen LogP contribution in [0.25, 0.3) is 0 Å². The molecule has 0 atom stereocenters. The summed E-state index contributed by atoms with van der Waals surface area (Å²) in [6, 6.07) is 4.10. The van der Waals surface area contributed by atoms with E-state index in [1.807, 2.05) is 13.1 Å². The van der Waals surface area contributed by atoms with Crippen LogP contribution in [-0.4, -0.2) is 45.3 Å². The Morgan fingerprint density at radius 2 is 2.16 bits per heavy atom. The summed E-state index contributed by atoms with van der Waals surface area (Å²) >= 11 is 7.66. The van der Waals surface area contributed by atoms with Crippen molar-refractivity contribution in [3.8, 4) is 0 Å². The Balaban J connectivity index is 1.92. The first-order chi connectivity index (χ1) is 9.13. The van der Waals surface area contributed by atoms with Crippen LogP contribution in [0.5, 0.6) is 0 Å². The molecule has 0 saturated carbocycles. The fraction of sp³-hybridized carbons (Fsp3) is 0.714. The molecule has 1 fully saturated rings. The Labute approximate surface area is 124 Å². The fourth-order valence-corrected chi connectivity index (χ4v) is 4.07. The highest BCUT2D eigenvalue weighted by Gasteiger charge is 2.33. The zero-order valence-corrected chi connectivity index (χ0v) is 13.3. The van der Waals surface area contributed by atoms with Crippen molar-refractivity contribution in [1.29, 1.82) is 0 Å². The largest absolute Gasteiger partial charge is 0.381 e. The summed E-state index contributed by atoms with van der Waals surface area (Å²) in [6.07, 6.45) is 2.28. The van der Waals surface area contributed by atoms with Crippen molar-refractivity contribution in [2.45, 2.75) is 19.4 Å². The number of rotatable bonds is 6. The Morgan fingerprint density at radius 1 is 1.42 bits per heavy atom. The molecule has 0 unspecified atom stereocenters. The average Bonchev–Trinajstić information content (AvgIpc) is 2.75. The standard InChI is InChI=1S/C14H23ClN2OS/c1-16-10-14(5-7-18-8-6-14)11-17(2)9-12-3-4-13(15)19-12/h3-4,16H,5-11H2,1-2H3. The maximum absolute atomic E-state index is 5.99. The Morgan fingerprint density at radius 3 is 2.74 bits per heavy atom. The Bertz CT molecular complexity index is 385. The van der Waals surface area contributed by atoms with Gasteiger partial charge in [0.1, 0.15) is 0 Å². The fourth-order valence-electron chi connectivity index (χ4n) is 2.90. The zero-order valence-electron chi connectivity index (χ0n) is 11.7. The molecular formula is C14H23ClN2OS. The lowest BCUT2D eigenvalue weighted by molar-refractivity contribution is -0.000616. The Kier molecular flexibility index (Phi) is 5.66. The van der Waals surface area contributed by atoms with E-state index in [1.54, 1.807) is 11.3 Å². The molecule has 1 aliphatic heterocycles. The molecule has 5 heteroatoms. The molecule has 0 bridgehead atoms. The van der Waals surface area contributed by atoms with Crippen LogP contribution >= 0.6 is 22.9 Å². The summed E-state index contributed by atoms with van der Waals surface area (Å²) in [4.78, 5) is 3.74. The first-order valence-corrected chi connectivity index (χ1v) is 7.98. The molecule has 0 amide bonds. The van der Waals surface area contributed by atoms with Gasteiger partial charge in [0, 0.05) is 37.7 Å². The molecule has 0 aliphatic carbocycles. The number of hydrogen-bond donors (Lipinski definition) is 1. The van der Waals surface area contributed by atoms with E-state index in [2.05, 4.69) is 23.3 Å². The van der Waals surface area contributed by atoms with Crippen LogP contribution in [0.2, 0.25) is 4.34 Å².